The van der Waals surface area contributed by atoms with Gasteiger partial charge in [0.25, 0.3) is 0 Å². The predicted octanol–water partition coefficient (Wildman–Crippen LogP) is 3.49. The van der Waals surface area contributed by atoms with Crippen LogP contribution in [0.2, 0.25) is 0 Å². The molecule has 0 saturated heterocycles. The molecule has 0 aliphatic carbocycles. The molecule has 6 heteroatoms. The number of allylic oxidation sites excluding steroid dienone is 1. The van der Waals surface area contributed by atoms with Gasteiger partial charge in [-0.3, -0.25) is 0 Å². The second-order valence-corrected chi connectivity index (χ2v) is 2.50. The third kappa shape index (κ3) is 3.28. The van der Waals surface area contributed by atoms with E-state index in [4.69, 9.17) is 0 Å². The first kappa shape index (κ1) is 12.3. The summed E-state index contributed by atoms with van der Waals surface area (Å²) in [5, 5.41) is 0. The third-order valence-electron chi connectivity index (χ3n) is 1.35. The first-order valence-electron chi connectivity index (χ1n) is 3.37. The Morgan fingerprint density at radius 1 is 1.08 bits per heavy atom. The van der Waals surface area contributed by atoms with Crippen molar-refractivity contribution >= 4 is 0 Å². The van der Waals surface area contributed by atoms with Gasteiger partial charge in [0.05, 0.1) is 6.42 Å². The van der Waals surface area contributed by atoms with Crippen LogP contribution < -0.4 is 0 Å². The lowest BCUT2D eigenvalue weighted by molar-refractivity contribution is -0.221. The zero-order chi connectivity index (χ0) is 10.7. The summed E-state index contributed by atoms with van der Waals surface area (Å²) in [4.78, 5) is 0. The zero-order valence-corrected chi connectivity index (χ0v) is 6.54. The van der Waals surface area contributed by atoms with E-state index in [1.54, 1.807) is 0 Å². The van der Waals surface area contributed by atoms with Gasteiger partial charge >= 0.3 is 11.8 Å². The molecule has 0 aromatic carbocycles. The van der Waals surface area contributed by atoms with Crippen LogP contribution in [-0.4, -0.2) is 18.3 Å². The summed E-state index contributed by atoms with van der Waals surface area (Å²) in [7, 11) is 0. The normalized spacial score (nSPS) is 13.5. The van der Waals surface area contributed by atoms with E-state index in [1.807, 2.05) is 0 Å². The number of hydrogen-bond donors (Lipinski definition) is 0. The molecular formula is C7H8F6. The average molecular weight is 206 g/mol. The van der Waals surface area contributed by atoms with Crippen LogP contribution in [0.4, 0.5) is 26.3 Å². The van der Waals surface area contributed by atoms with Gasteiger partial charge < -0.3 is 0 Å². The molecule has 78 valence electrons. The van der Waals surface area contributed by atoms with Gasteiger partial charge in [-0.05, 0) is 0 Å². The third-order valence-corrected chi connectivity index (χ3v) is 1.35. The zero-order valence-electron chi connectivity index (χ0n) is 6.54. The number of hydrogen-bond acceptors (Lipinski definition) is 0. The highest BCUT2D eigenvalue weighted by Gasteiger charge is 2.56. The topological polar surface area (TPSA) is 0 Å². The van der Waals surface area contributed by atoms with Gasteiger partial charge in [-0.15, -0.1) is 6.58 Å². The van der Waals surface area contributed by atoms with E-state index in [-0.39, 0.29) is 0 Å². The standard InChI is InChI=1S/C7H8F6/c1-2-3-6(10,11)7(12,13)4-5(8)9/h2,5H,1,3-4H2. The SMILES string of the molecule is C=CCC(F)(F)C(F)(F)CC(F)F. The van der Waals surface area contributed by atoms with Crippen LogP contribution in [0.1, 0.15) is 12.8 Å². The minimum atomic E-state index is -4.69. The molecule has 0 N–H and O–H groups in total. The molecule has 0 rings (SSSR count). The molecule has 0 spiro atoms. The molecule has 0 fully saturated rings. The van der Waals surface area contributed by atoms with E-state index in [9.17, 15) is 26.3 Å². The number of halogens is 6. The average Bonchev–Trinajstić information content (AvgIpc) is 1.82. The van der Waals surface area contributed by atoms with E-state index in [0.29, 0.717) is 6.08 Å². The predicted molar refractivity (Wildman–Crippen MR) is 35.3 cm³/mol. The molecule has 0 heterocycles. The summed E-state index contributed by atoms with van der Waals surface area (Å²) in [6.07, 6.45) is -6.33. The van der Waals surface area contributed by atoms with Crippen LogP contribution in [-0.2, 0) is 0 Å². The van der Waals surface area contributed by atoms with Crippen LogP contribution in [0.5, 0.6) is 0 Å². The summed E-state index contributed by atoms with van der Waals surface area (Å²) in [5.74, 6) is -9.14. The first-order valence-corrected chi connectivity index (χ1v) is 3.37. The van der Waals surface area contributed by atoms with Gasteiger partial charge in [0.15, 0.2) is 0 Å². The molecule has 0 amide bonds. The van der Waals surface area contributed by atoms with Crippen molar-refractivity contribution in [2.24, 2.45) is 0 Å². The molecule has 0 nitrogen and oxygen atoms in total. The smallest absolute Gasteiger partial charge is 0.210 e. The number of alkyl halides is 6. The maximum absolute atomic E-state index is 12.4. The highest BCUT2D eigenvalue weighted by atomic mass is 19.3. The van der Waals surface area contributed by atoms with Crippen LogP contribution >= 0.6 is 0 Å². The molecule has 0 bridgehead atoms. The van der Waals surface area contributed by atoms with Crippen molar-refractivity contribution < 1.29 is 26.3 Å². The van der Waals surface area contributed by atoms with Crippen molar-refractivity contribution in [3.8, 4) is 0 Å². The van der Waals surface area contributed by atoms with Gasteiger partial charge in [0.2, 0.25) is 6.43 Å². The monoisotopic (exact) mass is 206 g/mol. The molecule has 0 aliphatic heterocycles. The Morgan fingerprint density at radius 2 is 1.54 bits per heavy atom. The van der Waals surface area contributed by atoms with E-state index < -0.39 is 31.1 Å². The molecule has 0 saturated carbocycles. The van der Waals surface area contributed by atoms with Crippen molar-refractivity contribution in [2.45, 2.75) is 31.1 Å². The highest BCUT2D eigenvalue weighted by molar-refractivity contribution is 4.90. The lowest BCUT2D eigenvalue weighted by atomic mass is 10.1. The molecule has 13 heavy (non-hydrogen) atoms. The summed E-state index contributed by atoms with van der Waals surface area (Å²) >= 11 is 0. The Balaban J connectivity index is 4.48. The van der Waals surface area contributed by atoms with Crippen LogP contribution in [0.15, 0.2) is 12.7 Å². The second kappa shape index (κ2) is 4.02. The van der Waals surface area contributed by atoms with E-state index in [1.165, 1.54) is 0 Å². The molecule has 0 radical (unpaired) electrons. The fourth-order valence-corrected chi connectivity index (χ4v) is 0.674. The first-order chi connectivity index (χ1) is 5.73. The molecule has 0 aliphatic rings. The summed E-state index contributed by atoms with van der Waals surface area (Å²) in [5.41, 5.74) is 0. The van der Waals surface area contributed by atoms with Crippen molar-refractivity contribution in [1.29, 1.82) is 0 Å². The summed E-state index contributed by atoms with van der Waals surface area (Å²) < 4.78 is 72.5. The van der Waals surface area contributed by atoms with Crippen molar-refractivity contribution in [1.82, 2.24) is 0 Å². The minimum absolute atomic E-state index is 0.569. The van der Waals surface area contributed by atoms with Gasteiger partial charge in [-0.2, -0.15) is 17.6 Å². The number of rotatable bonds is 5. The van der Waals surface area contributed by atoms with E-state index >= 15 is 0 Å². The summed E-state index contributed by atoms with van der Waals surface area (Å²) in [6.45, 7) is 2.84. The largest absolute Gasteiger partial charge is 0.315 e. The van der Waals surface area contributed by atoms with Crippen LogP contribution in [0, 0.1) is 0 Å². The lowest BCUT2D eigenvalue weighted by Gasteiger charge is -2.25. The van der Waals surface area contributed by atoms with Gasteiger partial charge in [0.1, 0.15) is 0 Å². The second-order valence-electron chi connectivity index (χ2n) is 2.50. The fourth-order valence-electron chi connectivity index (χ4n) is 0.674. The maximum Gasteiger partial charge on any atom is 0.315 e. The molecular weight excluding hydrogens is 198 g/mol. The Kier molecular flexibility index (Phi) is 3.81. The maximum atomic E-state index is 12.4. The van der Waals surface area contributed by atoms with E-state index in [0.717, 1.165) is 0 Å². The lowest BCUT2D eigenvalue weighted by Crippen LogP contribution is -2.41. The Hall–Kier alpha value is -0.680. The molecule has 0 aromatic rings. The Bertz CT molecular complexity index is 174. The molecule has 0 atom stereocenters. The van der Waals surface area contributed by atoms with Crippen molar-refractivity contribution in [3.63, 3.8) is 0 Å². The Labute approximate surface area is 71.2 Å². The van der Waals surface area contributed by atoms with Crippen molar-refractivity contribution in [2.75, 3.05) is 0 Å². The van der Waals surface area contributed by atoms with Gasteiger partial charge in [-0.1, -0.05) is 6.08 Å². The highest BCUT2D eigenvalue weighted by Crippen LogP contribution is 2.40. The minimum Gasteiger partial charge on any atom is -0.210 e. The molecule has 0 aromatic heterocycles. The van der Waals surface area contributed by atoms with Gasteiger partial charge in [0, 0.05) is 6.42 Å². The van der Waals surface area contributed by atoms with Crippen LogP contribution in [0.25, 0.3) is 0 Å². The summed E-state index contributed by atoms with van der Waals surface area (Å²) in [6, 6.07) is 0. The Morgan fingerprint density at radius 3 is 1.85 bits per heavy atom. The van der Waals surface area contributed by atoms with Gasteiger partial charge in [-0.25, -0.2) is 8.78 Å². The molecule has 0 unspecified atom stereocenters. The quantitative estimate of drug-likeness (QED) is 0.477. The van der Waals surface area contributed by atoms with Crippen molar-refractivity contribution in [3.05, 3.63) is 12.7 Å². The van der Waals surface area contributed by atoms with E-state index in [2.05, 4.69) is 6.58 Å². The van der Waals surface area contributed by atoms with Crippen LogP contribution in [0.3, 0.4) is 0 Å². The fraction of sp³-hybridized carbons (Fsp3) is 0.714.